The van der Waals surface area contributed by atoms with Crippen molar-refractivity contribution in [2.75, 3.05) is 11.5 Å². The van der Waals surface area contributed by atoms with Gasteiger partial charge in [0.1, 0.15) is 10.0 Å². The van der Waals surface area contributed by atoms with Gasteiger partial charge in [-0.3, -0.25) is 0 Å². The van der Waals surface area contributed by atoms with Gasteiger partial charge in [0.25, 0.3) is 0 Å². The molecule has 0 fully saturated rings. The molecule has 0 amide bonds. The van der Waals surface area contributed by atoms with Gasteiger partial charge in [0, 0.05) is 11.1 Å². The summed E-state index contributed by atoms with van der Waals surface area (Å²) in [6.07, 6.45) is 0. The van der Waals surface area contributed by atoms with E-state index >= 15 is 0 Å². The molecule has 3 aromatic rings. The van der Waals surface area contributed by atoms with Gasteiger partial charge < -0.3 is 11.5 Å². The van der Waals surface area contributed by atoms with Gasteiger partial charge in [-0.1, -0.05) is 46.9 Å². The highest BCUT2D eigenvalue weighted by atomic mass is 32.1. The second-order valence-electron chi connectivity index (χ2n) is 3.44. The highest BCUT2D eigenvalue weighted by molar-refractivity contribution is 7.19. The molecule has 2 heterocycles. The van der Waals surface area contributed by atoms with Gasteiger partial charge in [-0.25, -0.2) is 0 Å². The third kappa shape index (κ3) is 1.91. The number of aromatic nitrogens is 4. The Morgan fingerprint density at radius 1 is 0.722 bits per heavy atom. The number of anilines is 2. The van der Waals surface area contributed by atoms with Gasteiger partial charge in [0.05, 0.1) is 0 Å². The molecule has 3 rings (SSSR count). The first-order valence-electron chi connectivity index (χ1n) is 5.02. The summed E-state index contributed by atoms with van der Waals surface area (Å²) in [5, 5.41) is 18.1. The quantitative estimate of drug-likeness (QED) is 0.740. The lowest BCUT2D eigenvalue weighted by atomic mass is 10.1. The number of rotatable bonds is 2. The van der Waals surface area contributed by atoms with Gasteiger partial charge in [-0.2, -0.15) is 0 Å². The maximum atomic E-state index is 5.61. The van der Waals surface area contributed by atoms with E-state index in [1.54, 1.807) is 0 Å². The molecule has 0 unspecified atom stereocenters. The summed E-state index contributed by atoms with van der Waals surface area (Å²) in [6, 6.07) is 7.77. The van der Waals surface area contributed by atoms with Crippen LogP contribution in [0.5, 0.6) is 0 Å². The molecule has 0 bridgehead atoms. The van der Waals surface area contributed by atoms with Gasteiger partial charge in [0.15, 0.2) is 0 Å². The standard InChI is InChI=1S/C10H8N6S2/c11-9-15-13-7(17-9)5-3-1-2-4-6(5)8-14-16-10(12)18-8/h1-4H,(H2,11,15)(H2,12,16). The summed E-state index contributed by atoms with van der Waals surface area (Å²) < 4.78 is 0. The second kappa shape index (κ2) is 4.31. The van der Waals surface area contributed by atoms with Gasteiger partial charge in [0.2, 0.25) is 10.3 Å². The largest absolute Gasteiger partial charge is 0.374 e. The van der Waals surface area contributed by atoms with Gasteiger partial charge in [-0.15, -0.1) is 20.4 Å². The van der Waals surface area contributed by atoms with E-state index in [-0.39, 0.29) is 0 Å². The summed E-state index contributed by atoms with van der Waals surface area (Å²) in [6.45, 7) is 0. The zero-order valence-electron chi connectivity index (χ0n) is 9.07. The van der Waals surface area contributed by atoms with Gasteiger partial charge in [-0.05, 0) is 0 Å². The number of nitrogens with zero attached hydrogens (tertiary/aromatic N) is 4. The van der Waals surface area contributed by atoms with E-state index in [2.05, 4.69) is 20.4 Å². The summed E-state index contributed by atoms with van der Waals surface area (Å²) >= 11 is 2.67. The average molecular weight is 276 g/mol. The fourth-order valence-electron chi connectivity index (χ4n) is 1.54. The molecule has 4 N–H and O–H groups in total. The van der Waals surface area contributed by atoms with E-state index in [9.17, 15) is 0 Å². The monoisotopic (exact) mass is 276 g/mol. The third-order valence-electron chi connectivity index (χ3n) is 2.27. The molecule has 18 heavy (non-hydrogen) atoms. The van der Waals surface area contributed by atoms with Crippen molar-refractivity contribution in [1.29, 1.82) is 0 Å². The third-order valence-corrected chi connectivity index (χ3v) is 3.84. The van der Waals surface area contributed by atoms with Crippen molar-refractivity contribution < 1.29 is 0 Å². The zero-order valence-corrected chi connectivity index (χ0v) is 10.7. The molecule has 0 saturated carbocycles. The first-order valence-corrected chi connectivity index (χ1v) is 6.65. The van der Waals surface area contributed by atoms with E-state index < -0.39 is 0 Å². The van der Waals surface area contributed by atoms with Crippen LogP contribution in [0.15, 0.2) is 24.3 Å². The van der Waals surface area contributed by atoms with E-state index in [1.807, 2.05) is 24.3 Å². The maximum Gasteiger partial charge on any atom is 0.203 e. The molecule has 0 saturated heterocycles. The summed E-state index contributed by atoms with van der Waals surface area (Å²) in [5.74, 6) is 0. The first-order chi connectivity index (χ1) is 8.74. The van der Waals surface area contributed by atoms with Crippen LogP contribution in [0, 0.1) is 0 Å². The van der Waals surface area contributed by atoms with Crippen molar-refractivity contribution in [2.24, 2.45) is 0 Å². The SMILES string of the molecule is Nc1nnc(-c2ccccc2-c2nnc(N)s2)s1. The first kappa shape index (κ1) is 11.1. The molecular weight excluding hydrogens is 268 g/mol. The van der Waals surface area contributed by atoms with E-state index in [1.165, 1.54) is 22.7 Å². The molecule has 0 atom stereocenters. The van der Waals surface area contributed by atoms with Crippen LogP contribution in [-0.2, 0) is 0 Å². The predicted molar refractivity (Wildman–Crippen MR) is 73.1 cm³/mol. The van der Waals surface area contributed by atoms with E-state index in [0.29, 0.717) is 10.3 Å². The molecule has 6 nitrogen and oxygen atoms in total. The fraction of sp³-hybridized carbons (Fsp3) is 0. The molecule has 8 heteroatoms. The molecule has 2 aromatic heterocycles. The topological polar surface area (TPSA) is 104 Å². The summed E-state index contributed by atoms with van der Waals surface area (Å²) in [4.78, 5) is 0. The Hall–Kier alpha value is -2.06. The van der Waals surface area contributed by atoms with Crippen molar-refractivity contribution in [3.8, 4) is 21.1 Å². The van der Waals surface area contributed by atoms with Gasteiger partial charge >= 0.3 is 0 Å². The average Bonchev–Trinajstić information content (AvgIpc) is 2.98. The van der Waals surface area contributed by atoms with Crippen LogP contribution in [0.25, 0.3) is 21.1 Å². The lowest BCUT2D eigenvalue weighted by Gasteiger charge is -2.01. The molecule has 0 aliphatic rings. The normalized spacial score (nSPS) is 10.7. The highest BCUT2D eigenvalue weighted by Gasteiger charge is 2.13. The van der Waals surface area contributed by atoms with Crippen molar-refractivity contribution >= 4 is 32.9 Å². The maximum absolute atomic E-state index is 5.61. The zero-order chi connectivity index (χ0) is 12.5. The molecule has 0 spiro atoms. The minimum atomic E-state index is 0.441. The number of hydrogen-bond acceptors (Lipinski definition) is 8. The minimum absolute atomic E-state index is 0.441. The van der Waals surface area contributed by atoms with Crippen molar-refractivity contribution in [3.63, 3.8) is 0 Å². The van der Waals surface area contributed by atoms with E-state index in [0.717, 1.165) is 21.1 Å². The minimum Gasteiger partial charge on any atom is -0.374 e. The summed E-state index contributed by atoms with van der Waals surface area (Å²) in [5.41, 5.74) is 13.1. The Kier molecular flexibility index (Phi) is 2.65. The lowest BCUT2D eigenvalue weighted by Crippen LogP contribution is -1.84. The van der Waals surface area contributed by atoms with Crippen LogP contribution in [-0.4, -0.2) is 20.4 Å². The molecule has 0 radical (unpaired) electrons. The lowest BCUT2D eigenvalue weighted by molar-refractivity contribution is 1.09. The molecular formula is C10H8N6S2. The van der Waals surface area contributed by atoms with Crippen LogP contribution in [0.4, 0.5) is 10.3 Å². The van der Waals surface area contributed by atoms with Crippen molar-refractivity contribution in [1.82, 2.24) is 20.4 Å². The highest BCUT2D eigenvalue weighted by Crippen LogP contribution is 2.35. The Labute approximate surface area is 110 Å². The predicted octanol–water partition coefficient (Wildman–Crippen LogP) is 1.89. The Bertz CT molecular complexity index is 630. The van der Waals surface area contributed by atoms with Crippen LogP contribution in [0.3, 0.4) is 0 Å². The number of benzene rings is 1. The molecule has 90 valence electrons. The fourth-order valence-corrected chi connectivity index (χ4v) is 2.84. The Balaban J connectivity index is 2.16. The number of hydrogen-bond donors (Lipinski definition) is 2. The van der Waals surface area contributed by atoms with E-state index in [4.69, 9.17) is 11.5 Å². The second-order valence-corrected chi connectivity index (χ2v) is 5.45. The van der Waals surface area contributed by atoms with Crippen LogP contribution >= 0.6 is 22.7 Å². The van der Waals surface area contributed by atoms with Crippen molar-refractivity contribution in [2.45, 2.75) is 0 Å². The molecule has 0 aliphatic carbocycles. The molecule has 1 aromatic carbocycles. The Morgan fingerprint density at radius 2 is 1.17 bits per heavy atom. The van der Waals surface area contributed by atoms with Crippen molar-refractivity contribution in [3.05, 3.63) is 24.3 Å². The smallest absolute Gasteiger partial charge is 0.203 e. The van der Waals surface area contributed by atoms with Crippen LogP contribution in [0.1, 0.15) is 0 Å². The summed E-state index contributed by atoms with van der Waals surface area (Å²) in [7, 11) is 0. The number of nitrogens with two attached hydrogens (primary N) is 2. The van der Waals surface area contributed by atoms with Crippen LogP contribution in [0.2, 0.25) is 0 Å². The number of nitrogen functional groups attached to an aromatic ring is 2. The molecule has 0 aliphatic heterocycles. The Morgan fingerprint density at radius 3 is 1.50 bits per heavy atom. The van der Waals surface area contributed by atoms with Crippen LogP contribution < -0.4 is 11.5 Å².